The van der Waals surface area contributed by atoms with E-state index in [4.69, 9.17) is 0 Å². The number of carboxylic acid groups (broad SMARTS) is 1. The van der Waals surface area contributed by atoms with Gasteiger partial charge in [0, 0.05) is 19.6 Å². The van der Waals surface area contributed by atoms with Crippen LogP contribution in [0.4, 0.5) is 4.79 Å². The van der Waals surface area contributed by atoms with E-state index in [0.29, 0.717) is 32.0 Å². The van der Waals surface area contributed by atoms with Crippen molar-refractivity contribution in [1.82, 2.24) is 10.2 Å². The maximum atomic E-state index is 12.1. The number of likely N-dealkylation sites (tertiary alicyclic amines) is 1. The molecule has 0 aromatic carbocycles. The molecule has 1 aliphatic carbocycles. The van der Waals surface area contributed by atoms with Crippen LogP contribution < -0.4 is 5.32 Å². The Morgan fingerprint density at radius 2 is 2.20 bits per heavy atom. The van der Waals surface area contributed by atoms with Gasteiger partial charge in [0.2, 0.25) is 0 Å². The Hall–Kier alpha value is -1.26. The lowest BCUT2D eigenvalue weighted by Crippen LogP contribution is -2.42. The standard InChI is InChI=1S/C15H26N2O3/c1-11(2)5-4-8-16-14(20)17-9-12-6-3-7-15(12,10-17)13(18)19/h11-12H,3-10H2,1-2H3,(H,16,20)(H,18,19)/t12-,15+/m0/s1. The third kappa shape index (κ3) is 2.91. The summed E-state index contributed by atoms with van der Waals surface area (Å²) >= 11 is 0. The van der Waals surface area contributed by atoms with Gasteiger partial charge in [0.1, 0.15) is 0 Å². The summed E-state index contributed by atoms with van der Waals surface area (Å²) in [5.41, 5.74) is -0.671. The van der Waals surface area contributed by atoms with Crippen molar-refractivity contribution in [2.75, 3.05) is 19.6 Å². The number of carbonyl (C=O) groups is 2. The van der Waals surface area contributed by atoms with Crippen molar-refractivity contribution >= 4 is 12.0 Å². The van der Waals surface area contributed by atoms with Gasteiger partial charge in [-0.05, 0) is 37.5 Å². The zero-order chi connectivity index (χ0) is 14.8. The third-order valence-electron chi connectivity index (χ3n) is 4.82. The maximum absolute atomic E-state index is 12.1. The van der Waals surface area contributed by atoms with Gasteiger partial charge in [-0.1, -0.05) is 20.3 Å². The molecule has 5 heteroatoms. The van der Waals surface area contributed by atoms with Gasteiger partial charge in [-0.15, -0.1) is 0 Å². The minimum absolute atomic E-state index is 0.0937. The zero-order valence-electron chi connectivity index (χ0n) is 12.5. The second-order valence-corrected chi connectivity index (χ2v) is 6.70. The molecule has 0 bridgehead atoms. The van der Waals surface area contributed by atoms with Crippen molar-refractivity contribution in [1.29, 1.82) is 0 Å². The van der Waals surface area contributed by atoms with Crippen LogP contribution in [0.2, 0.25) is 0 Å². The molecule has 1 heterocycles. The molecular weight excluding hydrogens is 256 g/mol. The van der Waals surface area contributed by atoms with Crippen molar-refractivity contribution in [2.24, 2.45) is 17.3 Å². The van der Waals surface area contributed by atoms with Gasteiger partial charge in [0.25, 0.3) is 0 Å². The summed E-state index contributed by atoms with van der Waals surface area (Å²) in [6.07, 6.45) is 4.70. The topological polar surface area (TPSA) is 69.6 Å². The number of amides is 2. The summed E-state index contributed by atoms with van der Waals surface area (Å²) in [6.45, 7) is 5.99. The van der Waals surface area contributed by atoms with Crippen LogP contribution in [0.5, 0.6) is 0 Å². The largest absolute Gasteiger partial charge is 0.481 e. The van der Waals surface area contributed by atoms with Crippen LogP contribution in [0, 0.1) is 17.3 Å². The van der Waals surface area contributed by atoms with Crippen LogP contribution in [0.15, 0.2) is 0 Å². The van der Waals surface area contributed by atoms with Crippen molar-refractivity contribution in [3.8, 4) is 0 Å². The highest BCUT2D eigenvalue weighted by molar-refractivity contribution is 5.80. The summed E-state index contributed by atoms with van der Waals surface area (Å²) in [4.78, 5) is 25.4. The summed E-state index contributed by atoms with van der Waals surface area (Å²) in [5, 5.41) is 12.4. The number of hydrogen-bond acceptors (Lipinski definition) is 2. The van der Waals surface area contributed by atoms with Crippen LogP contribution in [-0.2, 0) is 4.79 Å². The number of carboxylic acids is 1. The molecule has 1 saturated carbocycles. The Bertz CT molecular complexity index is 383. The quantitative estimate of drug-likeness (QED) is 0.760. The Labute approximate surface area is 120 Å². The Kier molecular flexibility index (Phi) is 4.55. The van der Waals surface area contributed by atoms with E-state index in [2.05, 4.69) is 19.2 Å². The molecule has 0 aromatic rings. The zero-order valence-corrected chi connectivity index (χ0v) is 12.5. The molecule has 0 radical (unpaired) electrons. The first-order valence-electron chi connectivity index (χ1n) is 7.72. The van der Waals surface area contributed by atoms with Crippen LogP contribution in [0.3, 0.4) is 0 Å². The fourth-order valence-corrected chi connectivity index (χ4v) is 3.61. The highest BCUT2D eigenvalue weighted by Gasteiger charge is 2.55. The average molecular weight is 282 g/mol. The van der Waals surface area contributed by atoms with Crippen LogP contribution in [0.25, 0.3) is 0 Å². The summed E-state index contributed by atoms with van der Waals surface area (Å²) in [5.74, 6) is 0.0600. The number of nitrogens with zero attached hydrogens (tertiary/aromatic N) is 1. The lowest BCUT2D eigenvalue weighted by Gasteiger charge is -2.23. The van der Waals surface area contributed by atoms with Gasteiger partial charge in [-0.25, -0.2) is 4.79 Å². The van der Waals surface area contributed by atoms with Crippen molar-refractivity contribution < 1.29 is 14.7 Å². The van der Waals surface area contributed by atoms with Crippen LogP contribution >= 0.6 is 0 Å². The lowest BCUT2D eigenvalue weighted by atomic mass is 9.81. The molecule has 5 nitrogen and oxygen atoms in total. The Balaban J connectivity index is 1.83. The molecule has 2 fully saturated rings. The summed E-state index contributed by atoms with van der Waals surface area (Å²) in [6, 6.07) is -0.0937. The second kappa shape index (κ2) is 6.02. The van der Waals surface area contributed by atoms with E-state index < -0.39 is 11.4 Å². The van der Waals surface area contributed by atoms with Gasteiger partial charge in [0.05, 0.1) is 5.41 Å². The molecule has 1 aliphatic heterocycles. The minimum Gasteiger partial charge on any atom is -0.481 e. The van der Waals surface area contributed by atoms with E-state index in [1.165, 1.54) is 0 Å². The average Bonchev–Trinajstić information content (AvgIpc) is 2.91. The van der Waals surface area contributed by atoms with Crippen molar-refractivity contribution in [2.45, 2.75) is 46.0 Å². The molecule has 2 amide bonds. The number of fused-ring (bicyclic) bond motifs is 1. The molecule has 0 spiro atoms. The SMILES string of the molecule is CC(C)CCCNC(=O)N1C[C@@H]2CCC[C@@]2(C(=O)O)C1. The molecule has 0 aromatic heterocycles. The molecule has 0 unspecified atom stereocenters. The number of urea groups is 1. The molecule has 2 rings (SSSR count). The number of nitrogens with one attached hydrogen (secondary N) is 1. The number of carbonyl (C=O) groups excluding carboxylic acids is 1. The van der Waals surface area contributed by atoms with E-state index >= 15 is 0 Å². The van der Waals surface area contributed by atoms with Gasteiger partial charge < -0.3 is 15.3 Å². The number of rotatable bonds is 5. The van der Waals surface area contributed by atoms with Crippen molar-refractivity contribution in [3.63, 3.8) is 0 Å². The van der Waals surface area contributed by atoms with E-state index in [0.717, 1.165) is 25.7 Å². The molecule has 20 heavy (non-hydrogen) atoms. The molecule has 2 atom stereocenters. The number of aliphatic carboxylic acids is 1. The third-order valence-corrected chi connectivity index (χ3v) is 4.82. The normalized spacial score (nSPS) is 28.8. The number of hydrogen-bond donors (Lipinski definition) is 2. The first-order valence-corrected chi connectivity index (χ1v) is 7.72. The fourth-order valence-electron chi connectivity index (χ4n) is 3.61. The smallest absolute Gasteiger partial charge is 0.317 e. The highest BCUT2D eigenvalue weighted by atomic mass is 16.4. The van der Waals surface area contributed by atoms with Gasteiger partial charge in [0.15, 0.2) is 0 Å². The van der Waals surface area contributed by atoms with Crippen LogP contribution in [0.1, 0.15) is 46.0 Å². The maximum Gasteiger partial charge on any atom is 0.317 e. The van der Waals surface area contributed by atoms with Gasteiger partial charge in [-0.2, -0.15) is 0 Å². The predicted molar refractivity (Wildman–Crippen MR) is 76.5 cm³/mol. The summed E-state index contributed by atoms with van der Waals surface area (Å²) < 4.78 is 0. The van der Waals surface area contributed by atoms with Crippen LogP contribution in [-0.4, -0.2) is 41.6 Å². The first-order chi connectivity index (χ1) is 9.45. The fraction of sp³-hybridized carbons (Fsp3) is 0.867. The lowest BCUT2D eigenvalue weighted by molar-refractivity contribution is -0.149. The van der Waals surface area contributed by atoms with E-state index in [1.54, 1.807) is 4.90 Å². The van der Waals surface area contributed by atoms with E-state index in [9.17, 15) is 14.7 Å². The molecule has 2 aliphatic rings. The van der Waals surface area contributed by atoms with E-state index in [1.807, 2.05) is 0 Å². The monoisotopic (exact) mass is 282 g/mol. The van der Waals surface area contributed by atoms with E-state index in [-0.39, 0.29) is 11.9 Å². The predicted octanol–water partition coefficient (Wildman–Crippen LogP) is 2.32. The summed E-state index contributed by atoms with van der Waals surface area (Å²) in [7, 11) is 0. The molecule has 1 saturated heterocycles. The Morgan fingerprint density at radius 1 is 1.45 bits per heavy atom. The molecule has 114 valence electrons. The van der Waals surface area contributed by atoms with Gasteiger partial charge in [-0.3, -0.25) is 4.79 Å². The molecule has 2 N–H and O–H groups in total. The minimum atomic E-state index is -0.727. The first kappa shape index (κ1) is 15.1. The van der Waals surface area contributed by atoms with Gasteiger partial charge >= 0.3 is 12.0 Å². The second-order valence-electron chi connectivity index (χ2n) is 6.70. The highest BCUT2D eigenvalue weighted by Crippen LogP contribution is 2.48. The Morgan fingerprint density at radius 3 is 2.80 bits per heavy atom. The molecular formula is C15H26N2O3. The van der Waals surface area contributed by atoms with Crippen molar-refractivity contribution in [3.05, 3.63) is 0 Å².